The van der Waals surface area contributed by atoms with Gasteiger partial charge in [-0.3, -0.25) is 0 Å². The molecule has 0 aromatic heterocycles. The molecule has 3 aliphatic rings. The van der Waals surface area contributed by atoms with E-state index in [2.05, 4.69) is 93.7 Å². The average Bonchev–Trinajstić information content (AvgIpc) is 3.14. The molecule has 3 saturated heterocycles. The van der Waals surface area contributed by atoms with Crippen molar-refractivity contribution in [3.05, 3.63) is 71.8 Å². The van der Waals surface area contributed by atoms with Crippen molar-refractivity contribution >= 4 is 16.6 Å². The Morgan fingerprint density at radius 1 is 0.821 bits per heavy atom. The first-order valence-electron chi connectivity index (χ1n) is 21.1. The van der Waals surface area contributed by atoms with Crippen LogP contribution in [0.3, 0.4) is 0 Å². The van der Waals surface area contributed by atoms with E-state index < -0.39 is 47.0 Å². The Labute approximate surface area is 340 Å². The van der Waals surface area contributed by atoms with Crippen LogP contribution in [0.1, 0.15) is 98.5 Å². The zero-order valence-electron chi connectivity index (χ0n) is 36.7. The number of rotatable bonds is 15. The number of hydrogen-bond donors (Lipinski definition) is 1. The van der Waals surface area contributed by atoms with Crippen molar-refractivity contribution in [2.75, 3.05) is 20.3 Å². The van der Waals surface area contributed by atoms with E-state index in [0.29, 0.717) is 26.2 Å². The number of methoxy groups -OCH3 is 1. The minimum Gasteiger partial charge on any atom is -0.413 e. The molecule has 1 N–H and O–H groups in total. The summed E-state index contributed by atoms with van der Waals surface area (Å²) in [5.41, 5.74) is 2.13. The van der Waals surface area contributed by atoms with E-state index in [1.54, 1.807) is 7.11 Å². The van der Waals surface area contributed by atoms with Gasteiger partial charge in [0.1, 0.15) is 18.3 Å². The molecule has 11 atom stereocenters. The minimum absolute atomic E-state index is 0.00780. The quantitative estimate of drug-likeness (QED) is 0.139. The summed E-state index contributed by atoms with van der Waals surface area (Å²) in [5.74, 6) is -1.54. The monoisotopic (exact) mass is 814 g/mol. The highest BCUT2D eigenvalue weighted by Gasteiger charge is 2.60. The zero-order valence-corrected chi connectivity index (χ0v) is 38.7. The summed E-state index contributed by atoms with van der Waals surface area (Å²) in [5, 5.41) is 12.7. The number of aliphatic hydroxyl groups is 1. The summed E-state index contributed by atoms with van der Waals surface area (Å²) in [6.07, 6.45) is -0.970. The highest BCUT2D eigenvalue weighted by atomic mass is 28.4. The average molecular weight is 815 g/mol. The molecule has 0 saturated carbocycles. The fraction of sp³-hybridized carbons (Fsp3) is 0.733. The van der Waals surface area contributed by atoms with Gasteiger partial charge in [-0.15, -0.1) is 0 Å². The molecule has 2 aromatic rings. The molecule has 0 radical (unpaired) electrons. The van der Waals surface area contributed by atoms with E-state index in [4.69, 9.17) is 37.3 Å². The number of unbranched alkanes of at least 4 members (excludes halogenated alkanes) is 1. The lowest BCUT2D eigenvalue weighted by Crippen LogP contribution is -2.69. The standard InChI is InChI=1S/C45H74O9Si2/c1-31-35(26-20-21-27-48-29-33-22-16-14-17-23-33)52-45(47-9,28-36(31)53-55(10,11)43(3,4)5)41(46)39-32(2)38(54-56(12,13)44(6,7)8)40-37(50-39)30-49-42(51-40)34-24-18-15-19-25-34/h14-19,22-25,31-32,35-42,46H,20-21,26-30H2,1-13H3/t31-,32+,35+,36-,37+,38+,39+,40+,41+,42+,45+/m0/s1. The predicted molar refractivity (Wildman–Crippen MR) is 226 cm³/mol. The molecular weight excluding hydrogens is 741 g/mol. The highest BCUT2D eigenvalue weighted by Crippen LogP contribution is 2.48. The summed E-state index contributed by atoms with van der Waals surface area (Å²) >= 11 is 0. The third-order valence-electron chi connectivity index (χ3n) is 13.6. The van der Waals surface area contributed by atoms with E-state index in [1.165, 1.54) is 5.56 Å². The molecular formula is C45H74O9Si2. The van der Waals surface area contributed by atoms with Crippen molar-refractivity contribution in [1.29, 1.82) is 0 Å². The number of ether oxygens (including phenoxy) is 6. The first-order valence-corrected chi connectivity index (χ1v) is 26.9. The van der Waals surface area contributed by atoms with Crippen molar-refractivity contribution in [2.24, 2.45) is 11.8 Å². The maximum Gasteiger partial charge on any atom is 0.199 e. The zero-order chi connectivity index (χ0) is 41.1. The highest BCUT2D eigenvalue weighted by molar-refractivity contribution is 6.74. The van der Waals surface area contributed by atoms with Crippen LogP contribution in [0.4, 0.5) is 0 Å². The van der Waals surface area contributed by atoms with Gasteiger partial charge in [0.15, 0.2) is 28.7 Å². The minimum atomic E-state index is -2.31. The van der Waals surface area contributed by atoms with Crippen LogP contribution in [0.25, 0.3) is 0 Å². The summed E-state index contributed by atoms with van der Waals surface area (Å²) < 4.78 is 53.9. The maximum atomic E-state index is 12.8. The van der Waals surface area contributed by atoms with Crippen molar-refractivity contribution in [3.63, 3.8) is 0 Å². The molecule has 3 aliphatic heterocycles. The van der Waals surface area contributed by atoms with Gasteiger partial charge in [-0.25, -0.2) is 0 Å². The lowest BCUT2D eigenvalue weighted by Gasteiger charge is -2.56. The molecule has 3 heterocycles. The molecule has 0 spiro atoms. The molecule has 3 fully saturated rings. The fourth-order valence-corrected chi connectivity index (χ4v) is 10.5. The number of aliphatic hydroxyl groups excluding tert-OH is 1. The van der Waals surface area contributed by atoms with Crippen molar-refractivity contribution in [1.82, 2.24) is 0 Å². The maximum absolute atomic E-state index is 12.8. The van der Waals surface area contributed by atoms with Gasteiger partial charge in [-0.2, -0.15) is 0 Å². The molecule has 0 aliphatic carbocycles. The van der Waals surface area contributed by atoms with Crippen LogP contribution < -0.4 is 0 Å². The third-order valence-corrected chi connectivity index (χ3v) is 22.5. The van der Waals surface area contributed by atoms with E-state index in [9.17, 15) is 5.11 Å². The summed E-state index contributed by atoms with van der Waals surface area (Å²) in [6, 6.07) is 20.3. The van der Waals surface area contributed by atoms with Gasteiger partial charge < -0.3 is 42.4 Å². The molecule has 5 rings (SSSR count). The lowest BCUT2D eigenvalue weighted by molar-refractivity contribution is -0.372. The number of hydrogen-bond acceptors (Lipinski definition) is 9. The second kappa shape index (κ2) is 18.4. The molecule has 0 unspecified atom stereocenters. The summed E-state index contributed by atoms with van der Waals surface area (Å²) in [6.45, 7) is 28.6. The second-order valence-electron chi connectivity index (χ2n) is 19.6. The third kappa shape index (κ3) is 10.4. The first kappa shape index (κ1) is 45.6. The van der Waals surface area contributed by atoms with E-state index in [-0.39, 0.29) is 46.3 Å². The normalized spacial score (nSPS) is 32.5. The molecule has 56 heavy (non-hydrogen) atoms. The Morgan fingerprint density at radius 2 is 1.43 bits per heavy atom. The largest absolute Gasteiger partial charge is 0.413 e. The Morgan fingerprint density at radius 3 is 2.04 bits per heavy atom. The van der Waals surface area contributed by atoms with Gasteiger partial charge in [0.25, 0.3) is 0 Å². The van der Waals surface area contributed by atoms with Gasteiger partial charge in [-0.05, 0) is 61.1 Å². The van der Waals surface area contributed by atoms with Gasteiger partial charge in [-0.1, -0.05) is 116 Å². The SMILES string of the molecule is CO[C@]1([C@H](O)[C@@H]2O[C@@H]3CO[C@@H](c4ccccc4)O[C@H]3[C@H](O[Si](C)(C)C(C)(C)C)[C@H]2C)C[C@H](O[Si](C)(C)C(C)(C)C)[C@@H](C)[C@@H](CCCCOCc2ccccc2)O1. The van der Waals surface area contributed by atoms with Crippen LogP contribution in [0, 0.1) is 11.8 Å². The molecule has 316 valence electrons. The first-order chi connectivity index (χ1) is 26.2. The smallest absolute Gasteiger partial charge is 0.199 e. The van der Waals surface area contributed by atoms with E-state index in [0.717, 1.165) is 24.8 Å². The molecule has 2 aromatic carbocycles. The number of benzene rings is 2. The second-order valence-corrected chi connectivity index (χ2v) is 29.2. The fourth-order valence-electron chi connectivity index (χ4n) is 7.75. The molecule has 11 heteroatoms. The number of fused-ring (bicyclic) bond motifs is 1. The Balaban J connectivity index is 1.40. The van der Waals surface area contributed by atoms with Gasteiger partial charge in [0, 0.05) is 37.5 Å². The Hall–Kier alpha value is -1.49. The topological polar surface area (TPSA) is 94.1 Å². The van der Waals surface area contributed by atoms with Crippen LogP contribution in [0.2, 0.25) is 36.3 Å². The summed E-state index contributed by atoms with van der Waals surface area (Å²) in [7, 11) is -2.88. The van der Waals surface area contributed by atoms with Crippen LogP contribution in [-0.4, -0.2) is 90.6 Å². The van der Waals surface area contributed by atoms with Gasteiger partial charge in [0.05, 0.1) is 37.6 Å². The van der Waals surface area contributed by atoms with Crippen LogP contribution in [0.15, 0.2) is 60.7 Å². The molecule has 0 bridgehead atoms. The van der Waals surface area contributed by atoms with Crippen LogP contribution >= 0.6 is 0 Å². The van der Waals surface area contributed by atoms with Crippen molar-refractivity contribution < 1.29 is 42.4 Å². The lowest BCUT2D eigenvalue weighted by atomic mass is 9.79. The van der Waals surface area contributed by atoms with Gasteiger partial charge >= 0.3 is 0 Å². The van der Waals surface area contributed by atoms with Crippen LogP contribution in [-0.2, 0) is 43.9 Å². The summed E-state index contributed by atoms with van der Waals surface area (Å²) in [4.78, 5) is 0. The van der Waals surface area contributed by atoms with Gasteiger partial charge in [0.2, 0.25) is 0 Å². The van der Waals surface area contributed by atoms with Crippen molar-refractivity contribution in [2.45, 2.75) is 179 Å². The Bertz CT molecular complexity index is 1500. The Kier molecular flexibility index (Phi) is 15.0. The van der Waals surface area contributed by atoms with E-state index >= 15 is 0 Å². The van der Waals surface area contributed by atoms with Crippen molar-refractivity contribution in [3.8, 4) is 0 Å². The van der Waals surface area contributed by atoms with E-state index in [1.807, 2.05) is 48.5 Å². The molecule has 9 nitrogen and oxygen atoms in total. The predicted octanol–water partition coefficient (Wildman–Crippen LogP) is 9.80. The van der Waals surface area contributed by atoms with Crippen LogP contribution in [0.5, 0.6) is 0 Å². The molecule has 0 amide bonds.